The number of carboxylic acid groups (broad SMARTS) is 1. The van der Waals surface area contributed by atoms with Crippen molar-refractivity contribution in [2.45, 2.75) is 4.90 Å². The number of sulfonamides is 1. The first-order valence-corrected chi connectivity index (χ1v) is 8.43. The fourth-order valence-corrected chi connectivity index (χ4v) is 3.56. The minimum atomic E-state index is -4.46. The van der Waals surface area contributed by atoms with Gasteiger partial charge in [0.1, 0.15) is 23.8 Å². The number of carboxylic acids is 1. The maximum Gasteiger partial charge on any atom is 0.324 e. The number of hydrogen-bond donors (Lipinski definition) is 1. The fourth-order valence-electron chi connectivity index (χ4n) is 2.14. The minimum Gasteiger partial charge on any atom is -0.495 e. The topological polar surface area (TPSA) is 127 Å². The molecule has 0 unspecified atom stereocenters. The number of hydrogen-bond acceptors (Lipinski definition) is 6. The number of anilines is 1. The molecule has 0 aliphatic heterocycles. The second-order valence-corrected chi connectivity index (χ2v) is 6.83. The average molecular weight is 384 g/mol. The summed E-state index contributed by atoms with van der Waals surface area (Å²) in [4.78, 5) is 21.0. The van der Waals surface area contributed by atoms with Gasteiger partial charge in [0.05, 0.1) is 16.9 Å². The summed E-state index contributed by atoms with van der Waals surface area (Å²) in [5.74, 6) is -2.26. The third-order valence-corrected chi connectivity index (χ3v) is 5.10. The Labute approximate surface area is 147 Å². The van der Waals surface area contributed by atoms with Crippen LogP contribution in [0.4, 0.5) is 15.8 Å². The highest BCUT2D eigenvalue weighted by Crippen LogP contribution is 2.35. The summed E-state index contributed by atoms with van der Waals surface area (Å²) in [6.45, 7) is -1.02. The summed E-state index contributed by atoms with van der Waals surface area (Å²) in [6, 6.07) is 6.86. The van der Waals surface area contributed by atoms with Crippen LogP contribution in [0.2, 0.25) is 0 Å². The SMILES string of the molecule is COc1ccc([N+](=O)[O-])cc1N(CC(=O)O)S(=O)(=O)c1ccc(F)cc1. The molecule has 0 aliphatic rings. The fraction of sp³-hybridized carbons (Fsp3) is 0.133. The lowest BCUT2D eigenvalue weighted by Crippen LogP contribution is -2.36. The zero-order valence-corrected chi connectivity index (χ0v) is 14.1. The van der Waals surface area contributed by atoms with Crippen molar-refractivity contribution in [2.75, 3.05) is 18.0 Å². The first-order chi connectivity index (χ1) is 12.2. The van der Waals surface area contributed by atoms with E-state index >= 15 is 0 Å². The van der Waals surface area contributed by atoms with E-state index in [0.29, 0.717) is 4.31 Å². The van der Waals surface area contributed by atoms with Crippen LogP contribution < -0.4 is 9.04 Å². The van der Waals surface area contributed by atoms with Gasteiger partial charge in [-0.3, -0.25) is 19.2 Å². The molecule has 0 aromatic heterocycles. The van der Waals surface area contributed by atoms with Crippen LogP contribution in [0.15, 0.2) is 47.4 Å². The number of carbonyl (C=O) groups is 1. The summed E-state index contributed by atoms with van der Waals surface area (Å²) < 4.78 is 44.2. The van der Waals surface area contributed by atoms with Crippen molar-refractivity contribution in [3.63, 3.8) is 0 Å². The maximum atomic E-state index is 13.1. The predicted octanol–water partition coefficient (Wildman–Crippen LogP) is 2.02. The Bertz CT molecular complexity index is 945. The monoisotopic (exact) mass is 384 g/mol. The van der Waals surface area contributed by atoms with Crippen LogP contribution in [0.5, 0.6) is 5.75 Å². The number of benzene rings is 2. The van der Waals surface area contributed by atoms with Gasteiger partial charge in [0.25, 0.3) is 15.7 Å². The van der Waals surface area contributed by atoms with E-state index in [4.69, 9.17) is 9.84 Å². The van der Waals surface area contributed by atoms with Crippen molar-refractivity contribution < 1.29 is 32.4 Å². The number of non-ortho nitro benzene ring substituents is 1. The standard InChI is InChI=1S/C15H13FN2O7S/c1-25-14-7-4-11(18(21)22)8-13(14)17(9-15(19)20)26(23,24)12-5-2-10(16)3-6-12/h2-8H,9H2,1H3,(H,19,20). The Kier molecular flexibility index (Phi) is 5.41. The van der Waals surface area contributed by atoms with Gasteiger partial charge in [-0.1, -0.05) is 0 Å². The largest absolute Gasteiger partial charge is 0.495 e. The summed E-state index contributed by atoms with van der Waals surface area (Å²) in [7, 11) is -3.26. The van der Waals surface area contributed by atoms with E-state index in [9.17, 15) is 27.7 Å². The number of aliphatic carboxylic acids is 1. The number of ether oxygens (including phenoxy) is 1. The molecule has 0 radical (unpaired) electrons. The Hall–Kier alpha value is -3.21. The Morgan fingerprint density at radius 2 is 1.88 bits per heavy atom. The van der Waals surface area contributed by atoms with Gasteiger partial charge in [-0.25, -0.2) is 12.8 Å². The third kappa shape index (κ3) is 3.88. The molecule has 2 aromatic rings. The van der Waals surface area contributed by atoms with Crippen LogP contribution >= 0.6 is 0 Å². The Morgan fingerprint density at radius 3 is 2.38 bits per heavy atom. The lowest BCUT2D eigenvalue weighted by atomic mass is 10.2. The van der Waals surface area contributed by atoms with Crippen molar-refractivity contribution in [3.8, 4) is 5.75 Å². The van der Waals surface area contributed by atoms with Crippen LogP contribution in [-0.2, 0) is 14.8 Å². The smallest absolute Gasteiger partial charge is 0.324 e. The molecule has 0 fully saturated rings. The first kappa shape index (κ1) is 19.1. The van der Waals surface area contributed by atoms with Crippen LogP contribution in [0.25, 0.3) is 0 Å². The van der Waals surface area contributed by atoms with Crippen molar-refractivity contribution in [2.24, 2.45) is 0 Å². The molecule has 11 heteroatoms. The van der Waals surface area contributed by atoms with E-state index in [2.05, 4.69) is 0 Å². The molecule has 26 heavy (non-hydrogen) atoms. The Morgan fingerprint density at radius 1 is 1.27 bits per heavy atom. The van der Waals surface area contributed by atoms with E-state index in [1.54, 1.807) is 0 Å². The van der Waals surface area contributed by atoms with Crippen LogP contribution in [0.3, 0.4) is 0 Å². The summed E-state index contributed by atoms with van der Waals surface area (Å²) in [5, 5.41) is 20.1. The van der Waals surface area contributed by atoms with Gasteiger partial charge in [0.15, 0.2) is 0 Å². The average Bonchev–Trinajstić information content (AvgIpc) is 2.59. The number of halogens is 1. The molecule has 9 nitrogen and oxygen atoms in total. The maximum absolute atomic E-state index is 13.1. The molecule has 0 saturated heterocycles. The van der Waals surface area contributed by atoms with Gasteiger partial charge in [-0.05, 0) is 30.3 Å². The lowest BCUT2D eigenvalue weighted by Gasteiger charge is -2.24. The molecule has 0 bridgehead atoms. The quantitative estimate of drug-likeness (QED) is 0.571. The van der Waals surface area contributed by atoms with Gasteiger partial charge in [-0.2, -0.15) is 0 Å². The van der Waals surface area contributed by atoms with Crippen molar-refractivity contribution in [3.05, 3.63) is 58.4 Å². The van der Waals surface area contributed by atoms with Crippen LogP contribution in [-0.4, -0.2) is 38.1 Å². The molecule has 1 N–H and O–H groups in total. The second-order valence-electron chi connectivity index (χ2n) is 4.97. The van der Waals surface area contributed by atoms with Gasteiger partial charge in [-0.15, -0.1) is 0 Å². The van der Waals surface area contributed by atoms with E-state index in [1.165, 1.54) is 7.11 Å². The van der Waals surface area contributed by atoms with Crippen molar-refractivity contribution in [1.82, 2.24) is 0 Å². The molecular weight excluding hydrogens is 371 g/mol. The first-order valence-electron chi connectivity index (χ1n) is 6.99. The number of nitro benzene ring substituents is 1. The van der Waals surface area contributed by atoms with E-state index in [1.807, 2.05) is 0 Å². The molecule has 0 spiro atoms. The van der Waals surface area contributed by atoms with Gasteiger partial charge in [0.2, 0.25) is 0 Å². The summed E-state index contributed by atoms with van der Waals surface area (Å²) >= 11 is 0. The molecular formula is C15H13FN2O7S. The zero-order chi connectivity index (χ0) is 19.5. The lowest BCUT2D eigenvalue weighted by molar-refractivity contribution is -0.384. The van der Waals surface area contributed by atoms with E-state index in [0.717, 1.165) is 42.5 Å². The minimum absolute atomic E-state index is 0.0810. The molecule has 0 atom stereocenters. The molecule has 0 amide bonds. The third-order valence-electron chi connectivity index (χ3n) is 3.32. The van der Waals surface area contributed by atoms with Crippen LogP contribution in [0, 0.1) is 15.9 Å². The number of nitrogens with zero attached hydrogens (tertiary/aromatic N) is 2. The molecule has 0 aliphatic carbocycles. The van der Waals surface area contributed by atoms with Gasteiger partial charge < -0.3 is 9.84 Å². The Balaban J connectivity index is 2.68. The highest BCUT2D eigenvalue weighted by Gasteiger charge is 2.30. The number of methoxy groups -OCH3 is 1. The van der Waals surface area contributed by atoms with Crippen molar-refractivity contribution in [1.29, 1.82) is 0 Å². The predicted molar refractivity (Wildman–Crippen MR) is 88.2 cm³/mol. The van der Waals surface area contributed by atoms with Crippen molar-refractivity contribution >= 4 is 27.4 Å². The highest BCUT2D eigenvalue weighted by atomic mass is 32.2. The zero-order valence-electron chi connectivity index (χ0n) is 13.3. The normalized spacial score (nSPS) is 11.0. The molecule has 2 aromatic carbocycles. The summed E-state index contributed by atoms with van der Waals surface area (Å²) in [5.41, 5.74) is -0.779. The molecule has 138 valence electrons. The van der Waals surface area contributed by atoms with E-state index in [-0.39, 0.29) is 16.3 Å². The van der Waals surface area contributed by atoms with Gasteiger partial charge >= 0.3 is 5.97 Å². The molecule has 0 saturated carbocycles. The molecule has 0 heterocycles. The molecule has 2 rings (SSSR count). The highest BCUT2D eigenvalue weighted by molar-refractivity contribution is 7.92. The number of nitro groups is 1. The number of rotatable bonds is 7. The van der Waals surface area contributed by atoms with Gasteiger partial charge in [0, 0.05) is 12.1 Å². The second kappa shape index (κ2) is 7.35. The summed E-state index contributed by atoms with van der Waals surface area (Å²) in [6.07, 6.45) is 0. The van der Waals surface area contributed by atoms with E-state index < -0.39 is 39.0 Å². The van der Waals surface area contributed by atoms with Crippen LogP contribution in [0.1, 0.15) is 0 Å².